The van der Waals surface area contributed by atoms with E-state index in [-0.39, 0.29) is 18.5 Å². The van der Waals surface area contributed by atoms with Crippen LogP contribution in [-0.4, -0.2) is 31.1 Å². The molecule has 3 nitrogen and oxygen atoms in total. The van der Waals surface area contributed by atoms with Gasteiger partial charge in [0.05, 0.1) is 0 Å². The minimum Gasteiger partial charge on any atom is -0.206 e. The number of sulfonamides is 1. The third kappa shape index (κ3) is 2.47. The molecule has 1 aliphatic heterocycles. The topological polar surface area (TPSA) is 37.4 Å². The van der Waals surface area contributed by atoms with Crippen molar-refractivity contribution in [2.24, 2.45) is 11.8 Å². The third-order valence-electron chi connectivity index (χ3n) is 3.04. The van der Waals surface area contributed by atoms with Crippen molar-refractivity contribution in [1.29, 1.82) is 0 Å². The van der Waals surface area contributed by atoms with Crippen molar-refractivity contribution in [3.05, 3.63) is 0 Å². The van der Waals surface area contributed by atoms with E-state index in [1.54, 1.807) is 6.92 Å². The molecular weight excluding hydrogens is 224 g/mol. The molecule has 15 heavy (non-hydrogen) atoms. The van der Waals surface area contributed by atoms with E-state index in [0.29, 0.717) is 12.3 Å². The summed E-state index contributed by atoms with van der Waals surface area (Å²) in [5.74, 6) is -2.79. The van der Waals surface area contributed by atoms with Crippen LogP contribution in [-0.2, 0) is 10.0 Å². The predicted molar refractivity (Wildman–Crippen MR) is 54.0 cm³/mol. The number of halogens is 2. The number of rotatable bonds is 3. The molecule has 0 spiro atoms. The van der Waals surface area contributed by atoms with E-state index in [2.05, 4.69) is 0 Å². The van der Waals surface area contributed by atoms with Crippen LogP contribution in [0.4, 0.5) is 8.78 Å². The predicted octanol–water partition coefficient (Wildman–Crippen LogP) is 1.91. The molecule has 6 heteroatoms. The van der Waals surface area contributed by atoms with E-state index in [4.69, 9.17) is 0 Å². The summed E-state index contributed by atoms with van der Waals surface area (Å²) < 4.78 is 48.2. The van der Waals surface area contributed by atoms with Crippen LogP contribution in [0.15, 0.2) is 0 Å². The number of nitrogens with zero attached hydrogens (tertiary/aromatic N) is 1. The van der Waals surface area contributed by atoms with Gasteiger partial charge in [-0.05, 0) is 25.2 Å². The molecule has 90 valence electrons. The number of alkyl halides is 2. The standard InChI is InChI=1S/C9H17F2NO2S/c1-6(2)8-4-7(3)12(5-8)15(13,14)9(10)11/h6-9H,4-5H2,1-3H3/t7-,8?/m0/s1. The maximum absolute atomic E-state index is 12.3. The third-order valence-corrected chi connectivity index (χ3v) is 4.66. The van der Waals surface area contributed by atoms with Gasteiger partial charge in [0, 0.05) is 12.6 Å². The quantitative estimate of drug-likeness (QED) is 0.757. The summed E-state index contributed by atoms with van der Waals surface area (Å²) in [6.45, 7) is 5.87. The van der Waals surface area contributed by atoms with E-state index >= 15 is 0 Å². The first-order valence-electron chi connectivity index (χ1n) is 5.05. The summed E-state index contributed by atoms with van der Waals surface area (Å²) in [7, 11) is -4.39. The van der Waals surface area contributed by atoms with Gasteiger partial charge in [-0.25, -0.2) is 8.42 Å². The lowest BCUT2D eigenvalue weighted by Crippen LogP contribution is -2.38. The van der Waals surface area contributed by atoms with E-state index in [0.717, 1.165) is 4.31 Å². The van der Waals surface area contributed by atoms with Gasteiger partial charge < -0.3 is 0 Å². The zero-order valence-electron chi connectivity index (χ0n) is 9.15. The Kier molecular flexibility index (Phi) is 3.71. The van der Waals surface area contributed by atoms with Gasteiger partial charge in [0.2, 0.25) is 0 Å². The summed E-state index contributed by atoms with van der Waals surface area (Å²) >= 11 is 0. The van der Waals surface area contributed by atoms with Gasteiger partial charge in [0.15, 0.2) is 0 Å². The van der Waals surface area contributed by atoms with E-state index in [9.17, 15) is 17.2 Å². The van der Waals surface area contributed by atoms with Crippen LogP contribution in [0, 0.1) is 11.8 Å². The van der Waals surface area contributed by atoms with Crippen LogP contribution >= 0.6 is 0 Å². The summed E-state index contributed by atoms with van der Waals surface area (Å²) in [6.07, 6.45) is 0.670. The van der Waals surface area contributed by atoms with Gasteiger partial charge in [-0.1, -0.05) is 13.8 Å². The van der Waals surface area contributed by atoms with Crippen molar-refractivity contribution in [2.75, 3.05) is 6.54 Å². The van der Waals surface area contributed by atoms with Crippen molar-refractivity contribution < 1.29 is 17.2 Å². The van der Waals surface area contributed by atoms with Gasteiger partial charge in [-0.15, -0.1) is 0 Å². The fraction of sp³-hybridized carbons (Fsp3) is 1.00. The molecule has 1 heterocycles. The monoisotopic (exact) mass is 241 g/mol. The molecule has 0 N–H and O–H groups in total. The molecular formula is C9H17F2NO2S. The molecule has 0 saturated carbocycles. The molecule has 0 aliphatic carbocycles. The Morgan fingerprint density at radius 2 is 1.87 bits per heavy atom. The van der Waals surface area contributed by atoms with Crippen LogP contribution in [0.3, 0.4) is 0 Å². The maximum atomic E-state index is 12.3. The lowest BCUT2D eigenvalue weighted by atomic mass is 9.94. The average Bonchev–Trinajstić information content (AvgIpc) is 2.47. The molecule has 0 amide bonds. The highest BCUT2D eigenvalue weighted by atomic mass is 32.2. The van der Waals surface area contributed by atoms with Crippen molar-refractivity contribution in [3.63, 3.8) is 0 Å². The average molecular weight is 241 g/mol. The van der Waals surface area contributed by atoms with Gasteiger partial charge >= 0.3 is 5.76 Å². The molecule has 0 aromatic rings. The number of hydrogen-bond donors (Lipinski definition) is 0. The Hall–Kier alpha value is -0.230. The van der Waals surface area contributed by atoms with Crippen molar-refractivity contribution in [3.8, 4) is 0 Å². The zero-order valence-corrected chi connectivity index (χ0v) is 9.97. The highest BCUT2D eigenvalue weighted by Crippen LogP contribution is 2.32. The summed E-state index contributed by atoms with van der Waals surface area (Å²) in [5.41, 5.74) is 0. The molecule has 1 saturated heterocycles. The van der Waals surface area contributed by atoms with Crippen LogP contribution in [0.2, 0.25) is 0 Å². The Bertz CT molecular complexity index is 316. The smallest absolute Gasteiger partial charge is 0.206 e. The second kappa shape index (κ2) is 4.33. The van der Waals surface area contributed by atoms with Gasteiger partial charge in [0.1, 0.15) is 0 Å². The van der Waals surface area contributed by atoms with Crippen molar-refractivity contribution in [2.45, 2.75) is 39.0 Å². The van der Waals surface area contributed by atoms with Crippen molar-refractivity contribution >= 4 is 10.0 Å². The maximum Gasteiger partial charge on any atom is 0.350 e. The molecule has 0 aromatic heterocycles. The first-order chi connectivity index (χ1) is 6.76. The first kappa shape index (κ1) is 12.8. The minimum atomic E-state index is -4.39. The summed E-state index contributed by atoms with van der Waals surface area (Å²) in [6, 6.07) is -0.309. The fourth-order valence-corrected chi connectivity index (χ4v) is 3.17. The molecule has 0 aromatic carbocycles. The first-order valence-corrected chi connectivity index (χ1v) is 6.56. The van der Waals surface area contributed by atoms with Gasteiger partial charge in [0.25, 0.3) is 10.0 Å². The second-order valence-electron chi connectivity index (χ2n) is 4.46. The molecule has 1 fully saturated rings. The Morgan fingerprint density at radius 3 is 2.20 bits per heavy atom. The highest BCUT2D eigenvalue weighted by Gasteiger charge is 2.42. The van der Waals surface area contributed by atoms with Crippen molar-refractivity contribution in [1.82, 2.24) is 4.31 Å². The Balaban J connectivity index is 2.82. The van der Waals surface area contributed by atoms with Crippen LogP contribution in [0.5, 0.6) is 0 Å². The SMILES string of the molecule is CC(C)C1C[C@H](C)N(S(=O)(=O)C(F)F)C1. The minimum absolute atomic E-state index is 0.188. The molecule has 0 bridgehead atoms. The lowest BCUT2D eigenvalue weighted by molar-refractivity contribution is 0.217. The van der Waals surface area contributed by atoms with Crippen LogP contribution in [0.1, 0.15) is 27.2 Å². The molecule has 0 radical (unpaired) electrons. The van der Waals surface area contributed by atoms with Gasteiger partial charge in [-0.2, -0.15) is 13.1 Å². The van der Waals surface area contributed by atoms with E-state index in [1.807, 2.05) is 13.8 Å². The largest absolute Gasteiger partial charge is 0.350 e. The molecule has 2 atom stereocenters. The van der Waals surface area contributed by atoms with E-state index in [1.165, 1.54) is 0 Å². The normalized spacial score (nSPS) is 29.3. The van der Waals surface area contributed by atoms with Crippen LogP contribution in [0.25, 0.3) is 0 Å². The molecule has 1 unspecified atom stereocenters. The Labute approximate surface area is 89.5 Å². The molecule has 1 rings (SSSR count). The zero-order chi connectivity index (χ0) is 11.8. The lowest BCUT2D eigenvalue weighted by Gasteiger charge is -2.20. The summed E-state index contributed by atoms with van der Waals surface area (Å²) in [5, 5.41) is 0. The van der Waals surface area contributed by atoms with Crippen LogP contribution < -0.4 is 0 Å². The Morgan fingerprint density at radius 1 is 1.33 bits per heavy atom. The summed E-state index contributed by atoms with van der Waals surface area (Å²) in [4.78, 5) is 0. The number of hydrogen-bond acceptors (Lipinski definition) is 2. The van der Waals surface area contributed by atoms with E-state index < -0.39 is 15.8 Å². The fourth-order valence-electron chi connectivity index (χ4n) is 1.98. The second-order valence-corrected chi connectivity index (χ2v) is 6.32. The molecule has 1 aliphatic rings. The van der Waals surface area contributed by atoms with Gasteiger partial charge in [-0.3, -0.25) is 0 Å². The highest BCUT2D eigenvalue weighted by molar-refractivity contribution is 7.89.